The lowest BCUT2D eigenvalue weighted by molar-refractivity contribution is 0.598. The molecule has 0 fully saturated rings. The molecular formula is C15H14N4O2S2. The van der Waals surface area contributed by atoms with E-state index in [1.54, 1.807) is 6.07 Å². The highest BCUT2D eigenvalue weighted by Gasteiger charge is 2.21. The van der Waals surface area contributed by atoms with Gasteiger partial charge in [-0.25, -0.2) is 13.6 Å². The molecule has 0 amide bonds. The number of pyridine rings is 1. The Bertz CT molecular complexity index is 1010. The predicted octanol–water partition coefficient (Wildman–Crippen LogP) is 2.28. The summed E-state index contributed by atoms with van der Waals surface area (Å²) < 4.78 is 31.9. The third-order valence-electron chi connectivity index (χ3n) is 4.24. The molecule has 2 heterocycles. The molecule has 0 saturated carbocycles. The van der Waals surface area contributed by atoms with E-state index in [1.165, 1.54) is 23.6 Å². The first-order valence-corrected chi connectivity index (χ1v) is 9.57. The minimum Gasteiger partial charge on any atom is -0.264 e. The van der Waals surface area contributed by atoms with Crippen molar-refractivity contribution in [1.29, 1.82) is 0 Å². The molecule has 0 radical (unpaired) electrons. The van der Waals surface area contributed by atoms with Crippen LogP contribution in [0.5, 0.6) is 0 Å². The molecule has 0 spiro atoms. The molecule has 0 saturated heterocycles. The Morgan fingerprint density at radius 1 is 1.00 bits per heavy atom. The van der Waals surface area contributed by atoms with Crippen molar-refractivity contribution >= 4 is 32.8 Å². The average molecular weight is 346 g/mol. The molecule has 0 aliphatic heterocycles. The number of sulfonamides is 1. The lowest BCUT2D eigenvalue weighted by atomic mass is 9.87. The van der Waals surface area contributed by atoms with E-state index in [-0.39, 0.29) is 4.90 Å². The topological polar surface area (TPSA) is 98.8 Å². The van der Waals surface area contributed by atoms with Gasteiger partial charge < -0.3 is 0 Å². The number of hydrogen-bond acceptors (Lipinski definition) is 6. The van der Waals surface area contributed by atoms with Gasteiger partial charge in [0, 0.05) is 23.5 Å². The normalized spacial score (nSPS) is 14.8. The van der Waals surface area contributed by atoms with Crippen LogP contribution in [0.25, 0.3) is 22.2 Å². The molecule has 1 aromatic carbocycles. The highest BCUT2D eigenvalue weighted by atomic mass is 32.2. The van der Waals surface area contributed by atoms with E-state index in [9.17, 15) is 8.42 Å². The second-order valence-corrected chi connectivity index (χ2v) is 7.71. The van der Waals surface area contributed by atoms with Crippen LogP contribution in [0.1, 0.15) is 24.0 Å². The van der Waals surface area contributed by atoms with Crippen molar-refractivity contribution in [2.24, 2.45) is 5.14 Å². The van der Waals surface area contributed by atoms with Gasteiger partial charge in [0.2, 0.25) is 10.0 Å². The molecular weight excluding hydrogens is 332 g/mol. The van der Waals surface area contributed by atoms with Gasteiger partial charge in [0.25, 0.3) is 0 Å². The summed E-state index contributed by atoms with van der Waals surface area (Å²) in [5.41, 5.74) is 5.34. The van der Waals surface area contributed by atoms with Crippen LogP contribution in [-0.4, -0.2) is 22.1 Å². The number of nitrogens with two attached hydrogens (primary N) is 1. The Morgan fingerprint density at radius 2 is 1.78 bits per heavy atom. The van der Waals surface area contributed by atoms with Gasteiger partial charge >= 0.3 is 0 Å². The fourth-order valence-electron chi connectivity index (χ4n) is 3.18. The maximum absolute atomic E-state index is 11.7. The molecule has 0 bridgehead atoms. The fourth-order valence-corrected chi connectivity index (χ4v) is 4.48. The molecule has 1 aliphatic rings. The molecule has 0 atom stereocenters. The Hall–Kier alpha value is -1.90. The quantitative estimate of drug-likeness (QED) is 0.767. The van der Waals surface area contributed by atoms with Gasteiger partial charge in [0.15, 0.2) is 0 Å². The highest BCUT2D eigenvalue weighted by molar-refractivity contribution is 7.89. The van der Waals surface area contributed by atoms with Crippen molar-refractivity contribution in [2.75, 3.05) is 0 Å². The number of hydrogen-bond donors (Lipinski definition) is 1. The number of primary sulfonamides is 1. The number of nitrogens with zero attached hydrogens (tertiary/aromatic N) is 3. The van der Waals surface area contributed by atoms with Gasteiger partial charge in [-0.15, -0.1) is 0 Å². The van der Waals surface area contributed by atoms with Crippen LogP contribution in [0.4, 0.5) is 0 Å². The molecule has 118 valence electrons. The van der Waals surface area contributed by atoms with Crippen molar-refractivity contribution in [1.82, 2.24) is 13.7 Å². The Labute approximate surface area is 137 Å². The molecule has 2 aromatic heterocycles. The summed E-state index contributed by atoms with van der Waals surface area (Å²) >= 11 is 0.989. The van der Waals surface area contributed by atoms with Crippen molar-refractivity contribution < 1.29 is 8.42 Å². The van der Waals surface area contributed by atoms with E-state index in [2.05, 4.69) is 13.7 Å². The summed E-state index contributed by atoms with van der Waals surface area (Å²) in [6.07, 6.45) is 8.11. The summed E-state index contributed by atoms with van der Waals surface area (Å²) in [5.74, 6) is 0. The number of aromatic nitrogens is 3. The monoisotopic (exact) mass is 346 g/mol. The second kappa shape index (κ2) is 5.33. The van der Waals surface area contributed by atoms with E-state index in [0.717, 1.165) is 42.1 Å². The van der Waals surface area contributed by atoms with Crippen LogP contribution in [0.15, 0.2) is 29.4 Å². The van der Waals surface area contributed by atoms with Gasteiger partial charge in [0.1, 0.15) is 15.9 Å². The zero-order valence-corrected chi connectivity index (χ0v) is 13.8. The maximum Gasteiger partial charge on any atom is 0.240 e. The van der Waals surface area contributed by atoms with Crippen LogP contribution >= 0.6 is 11.7 Å². The summed E-state index contributed by atoms with van der Waals surface area (Å²) in [4.78, 5) is 4.37. The molecule has 1 aliphatic carbocycles. The van der Waals surface area contributed by atoms with E-state index < -0.39 is 10.0 Å². The fraction of sp³-hybridized carbons (Fsp3) is 0.267. The highest BCUT2D eigenvalue weighted by Crippen LogP contribution is 2.35. The van der Waals surface area contributed by atoms with Crippen molar-refractivity contribution in [3.63, 3.8) is 0 Å². The van der Waals surface area contributed by atoms with E-state index in [1.807, 2.05) is 12.4 Å². The van der Waals surface area contributed by atoms with Gasteiger partial charge in [-0.2, -0.15) is 8.75 Å². The molecule has 4 rings (SSSR count). The standard InChI is InChI=1S/C15H14N4O2S2/c16-23(20,21)13-6-5-11(14-15(13)19-22-18-14)12-8-17-7-9-3-1-2-4-10(9)12/h5-8H,1-4H2,(H2,16,20,21). The van der Waals surface area contributed by atoms with Crippen LogP contribution in [0.2, 0.25) is 0 Å². The largest absolute Gasteiger partial charge is 0.264 e. The summed E-state index contributed by atoms with van der Waals surface area (Å²) in [6.45, 7) is 0. The van der Waals surface area contributed by atoms with Gasteiger partial charge in [0.05, 0.1) is 11.7 Å². The Morgan fingerprint density at radius 3 is 2.61 bits per heavy atom. The molecule has 6 nitrogen and oxygen atoms in total. The minimum atomic E-state index is -3.83. The first-order valence-electron chi connectivity index (χ1n) is 7.30. The zero-order valence-electron chi connectivity index (χ0n) is 12.2. The van der Waals surface area contributed by atoms with Crippen LogP contribution < -0.4 is 5.14 Å². The van der Waals surface area contributed by atoms with Crippen molar-refractivity contribution in [2.45, 2.75) is 30.6 Å². The molecule has 23 heavy (non-hydrogen) atoms. The zero-order chi connectivity index (χ0) is 16.0. The summed E-state index contributed by atoms with van der Waals surface area (Å²) in [7, 11) is -3.83. The first kappa shape index (κ1) is 14.7. The molecule has 0 unspecified atom stereocenters. The molecule has 3 aromatic rings. The SMILES string of the molecule is NS(=O)(=O)c1ccc(-c2cncc3c2CCCC3)c2nsnc12. The van der Waals surface area contributed by atoms with Gasteiger partial charge in [-0.05, 0) is 42.9 Å². The predicted molar refractivity (Wildman–Crippen MR) is 88.7 cm³/mol. The number of benzene rings is 1. The number of aryl methyl sites for hydroxylation is 1. The lowest BCUT2D eigenvalue weighted by Gasteiger charge is -2.19. The Balaban J connectivity index is 2.00. The van der Waals surface area contributed by atoms with Crippen molar-refractivity contribution in [3.8, 4) is 11.1 Å². The minimum absolute atomic E-state index is 0.0164. The summed E-state index contributed by atoms with van der Waals surface area (Å²) in [6, 6.07) is 3.27. The third-order valence-corrected chi connectivity index (χ3v) is 5.72. The Kier molecular flexibility index (Phi) is 3.40. The van der Waals surface area contributed by atoms with E-state index in [0.29, 0.717) is 11.0 Å². The number of rotatable bonds is 2. The summed E-state index contributed by atoms with van der Waals surface area (Å²) in [5, 5.41) is 5.28. The smallest absolute Gasteiger partial charge is 0.240 e. The lowest BCUT2D eigenvalue weighted by Crippen LogP contribution is -2.13. The second-order valence-electron chi connectivity index (χ2n) is 5.65. The van der Waals surface area contributed by atoms with Gasteiger partial charge in [-0.1, -0.05) is 6.07 Å². The van der Waals surface area contributed by atoms with Gasteiger partial charge in [-0.3, -0.25) is 4.98 Å². The number of fused-ring (bicyclic) bond motifs is 2. The van der Waals surface area contributed by atoms with E-state index >= 15 is 0 Å². The van der Waals surface area contributed by atoms with E-state index in [4.69, 9.17) is 5.14 Å². The van der Waals surface area contributed by atoms with Crippen molar-refractivity contribution in [3.05, 3.63) is 35.7 Å². The third kappa shape index (κ3) is 2.43. The van der Waals surface area contributed by atoms with Crippen LogP contribution in [0, 0.1) is 0 Å². The van der Waals surface area contributed by atoms with Crippen LogP contribution in [0.3, 0.4) is 0 Å². The van der Waals surface area contributed by atoms with Crippen LogP contribution in [-0.2, 0) is 22.9 Å². The average Bonchev–Trinajstić information content (AvgIpc) is 3.02. The first-order chi connectivity index (χ1) is 11.1. The molecule has 2 N–H and O–H groups in total. The maximum atomic E-state index is 11.7. The molecule has 8 heteroatoms.